The van der Waals surface area contributed by atoms with Gasteiger partial charge in [-0.25, -0.2) is 4.39 Å². The predicted octanol–water partition coefficient (Wildman–Crippen LogP) is 2.97. The Hall–Kier alpha value is -1.96. The van der Waals surface area contributed by atoms with Crippen LogP contribution in [0.2, 0.25) is 0 Å². The summed E-state index contributed by atoms with van der Waals surface area (Å²) < 4.78 is 51.6. The van der Waals surface area contributed by atoms with Crippen molar-refractivity contribution in [3.05, 3.63) is 35.1 Å². The molecular weight excluding hydrogens is 342 g/mol. The Morgan fingerprint density at radius 2 is 1.92 bits per heavy atom. The van der Waals surface area contributed by atoms with E-state index in [2.05, 4.69) is 5.32 Å². The number of amides is 1. The summed E-state index contributed by atoms with van der Waals surface area (Å²) in [4.78, 5) is 24.2. The maximum absolute atomic E-state index is 13.4. The maximum atomic E-state index is 13.4. The molecule has 1 aliphatic rings. The van der Waals surface area contributed by atoms with Crippen LogP contribution in [0, 0.1) is 11.2 Å². The molecule has 1 aromatic carbocycles. The maximum Gasteiger partial charge on any atom is 0.416 e. The molecule has 0 heterocycles. The quantitative estimate of drug-likeness (QED) is 0.811. The van der Waals surface area contributed by atoms with Crippen molar-refractivity contribution in [3.63, 3.8) is 0 Å². The predicted molar refractivity (Wildman–Crippen MR) is 80.8 cm³/mol. The topological polar surface area (TPSA) is 66.4 Å². The van der Waals surface area contributed by atoms with Crippen molar-refractivity contribution in [2.24, 2.45) is 5.41 Å². The van der Waals surface area contributed by atoms with Crippen molar-refractivity contribution in [1.82, 2.24) is 5.32 Å². The van der Waals surface area contributed by atoms with E-state index in [0.29, 0.717) is 6.07 Å². The van der Waals surface area contributed by atoms with Gasteiger partial charge in [0.05, 0.1) is 16.6 Å². The number of nitrogens with one attached hydrogen (secondary N) is 1. The van der Waals surface area contributed by atoms with Crippen LogP contribution >= 0.6 is 0 Å². The Morgan fingerprint density at radius 3 is 2.40 bits per heavy atom. The Kier molecular flexibility index (Phi) is 4.96. The minimum absolute atomic E-state index is 0.0594. The highest BCUT2D eigenvalue weighted by Crippen LogP contribution is 2.45. The average molecular weight is 361 g/mol. The second-order valence-corrected chi connectivity index (χ2v) is 6.89. The van der Waals surface area contributed by atoms with E-state index in [1.807, 2.05) is 0 Å². The summed E-state index contributed by atoms with van der Waals surface area (Å²) in [5, 5.41) is 12.8. The number of Topliss-reactive ketones (excluding diaryl/α,β-unsaturated/α-hetero) is 1. The molecule has 1 aliphatic carbocycles. The van der Waals surface area contributed by atoms with Gasteiger partial charge in [0.2, 0.25) is 5.91 Å². The molecule has 2 N–H and O–H groups in total. The third kappa shape index (κ3) is 4.00. The lowest BCUT2D eigenvalue weighted by Gasteiger charge is -2.38. The first-order chi connectivity index (χ1) is 11.3. The third-order valence-electron chi connectivity index (χ3n) is 4.67. The number of carbonyl (C=O) groups is 2. The molecule has 0 spiro atoms. The molecule has 0 bridgehead atoms. The summed E-state index contributed by atoms with van der Waals surface area (Å²) in [5.41, 5.74) is -4.03. The van der Waals surface area contributed by atoms with Crippen molar-refractivity contribution in [1.29, 1.82) is 0 Å². The van der Waals surface area contributed by atoms with E-state index < -0.39 is 34.5 Å². The van der Waals surface area contributed by atoms with E-state index in [9.17, 15) is 32.3 Å². The van der Waals surface area contributed by atoms with Crippen molar-refractivity contribution in [2.45, 2.75) is 51.4 Å². The zero-order chi connectivity index (χ0) is 19.0. The van der Waals surface area contributed by atoms with Gasteiger partial charge in [0.25, 0.3) is 0 Å². The molecule has 0 aliphatic heterocycles. The Bertz CT molecular complexity index is 694. The molecule has 0 aromatic heterocycles. The summed E-state index contributed by atoms with van der Waals surface area (Å²) in [6.45, 7) is 2.48. The van der Waals surface area contributed by atoms with Crippen molar-refractivity contribution in [3.8, 4) is 0 Å². The minimum atomic E-state index is -4.70. The molecular formula is C17H19F4NO3. The number of ketones is 1. The molecule has 0 saturated heterocycles. The third-order valence-corrected chi connectivity index (χ3v) is 4.67. The Balaban J connectivity index is 2.19. The van der Waals surface area contributed by atoms with Gasteiger partial charge in [-0.1, -0.05) is 0 Å². The number of benzene rings is 1. The zero-order valence-electron chi connectivity index (χ0n) is 13.8. The van der Waals surface area contributed by atoms with Crippen molar-refractivity contribution >= 4 is 11.7 Å². The fourth-order valence-electron chi connectivity index (χ4n) is 3.13. The summed E-state index contributed by atoms with van der Waals surface area (Å²) in [6, 6.07) is 2.02. The van der Waals surface area contributed by atoms with Crippen LogP contribution in [0.1, 0.15) is 44.2 Å². The van der Waals surface area contributed by atoms with Crippen LogP contribution < -0.4 is 5.32 Å². The number of rotatable bonds is 4. The molecule has 1 unspecified atom stereocenters. The minimum Gasteiger partial charge on any atom is -0.389 e. The molecule has 1 saturated carbocycles. The molecule has 4 nitrogen and oxygen atoms in total. The van der Waals surface area contributed by atoms with Gasteiger partial charge in [0.1, 0.15) is 11.6 Å². The van der Waals surface area contributed by atoms with E-state index in [1.54, 1.807) is 0 Å². The van der Waals surface area contributed by atoms with Crippen LogP contribution in [-0.4, -0.2) is 22.4 Å². The van der Waals surface area contributed by atoms with Gasteiger partial charge in [0.15, 0.2) is 0 Å². The highest BCUT2D eigenvalue weighted by Gasteiger charge is 2.54. The SMILES string of the molecule is CC(C)(O)C1(C(=O)NCc2cc(F)cc(C(F)(F)F)c2)CCC(=O)C1. The molecule has 1 fully saturated rings. The fourth-order valence-corrected chi connectivity index (χ4v) is 3.13. The van der Waals surface area contributed by atoms with Crippen LogP contribution in [0.3, 0.4) is 0 Å². The van der Waals surface area contributed by atoms with Gasteiger partial charge < -0.3 is 10.4 Å². The lowest BCUT2D eigenvalue weighted by Crippen LogP contribution is -2.52. The molecule has 1 amide bonds. The van der Waals surface area contributed by atoms with E-state index in [-0.39, 0.29) is 37.2 Å². The standard InChI is InChI=1S/C17H19F4NO3/c1-15(2,25)16(4-3-13(23)8-16)14(24)22-9-10-5-11(17(19,20)21)7-12(18)6-10/h5-7,25H,3-4,8-9H2,1-2H3,(H,22,24). The van der Waals surface area contributed by atoms with Gasteiger partial charge in [0, 0.05) is 19.4 Å². The van der Waals surface area contributed by atoms with Crippen LogP contribution in [0.5, 0.6) is 0 Å². The monoisotopic (exact) mass is 361 g/mol. The van der Waals surface area contributed by atoms with Crippen LogP contribution in [0.15, 0.2) is 18.2 Å². The van der Waals surface area contributed by atoms with Gasteiger partial charge >= 0.3 is 6.18 Å². The summed E-state index contributed by atoms with van der Waals surface area (Å²) >= 11 is 0. The van der Waals surface area contributed by atoms with Crippen molar-refractivity contribution in [2.75, 3.05) is 0 Å². The van der Waals surface area contributed by atoms with Gasteiger partial charge in [-0.3, -0.25) is 9.59 Å². The largest absolute Gasteiger partial charge is 0.416 e. The lowest BCUT2D eigenvalue weighted by atomic mass is 9.71. The number of hydrogen-bond donors (Lipinski definition) is 2. The van der Waals surface area contributed by atoms with E-state index >= 15 is 0 Å². The van der Waals surface area contributed by atoms with Crippen LogP contribution in [-0.2, 0) is 22.3 Å². The number of alkyl halides is 3. The van der Waals surface area contributed by atoms with Crippen molar-refractivity contribution < 1.29 is 32.3 Å². The summed E-state index contributed by atoms with van der Waals surface area (Å²) in [6.07, 6.45) is -4.54. The average Bonchev–Trinajstić information content (AvgIpc) is 2.86. The smallest absolute Gasteiger partial charge is 0.389 e. The molecule has 1 atom stereocenters. The summed E-state index contributed by atoms with van der Waals surface area (Å²) in [7, 11) is 0. The second kappa shape index (κ2) is 6.40. The van der Waals surface area contributed by atoms with Gasteiger partial charge in [-0.2, -0.15) is 13.2 Å². The van der Waals surface area contributed by atoms with Gasteiger partial charge in [-0.05, 0) is 44.0 Å². The first kappa shape index (κ1) is 19.4. The van der Waals surface area contributed by atoms with Gasteiger partial charge in [-0.15, -0.1) is 0 Å². The van der Waals surface area contributed by atoms with E-state index in [1.165, 1.54) is 13.8 Å². The highest BCUT2D eigenvalue weighted by molar-refractivity contribution is 5.94. The number of halogens is 4. The Labute approximate surface area is 142 Å². The number of hydrogen-bond acceptors (Lipinski definition) is 3. The molecule has 138 valence electrons. The molecule has 2 rings (SSSR count). The zero-order valence-corrected chi connectivity index (χ0v) is 13.8. The van der Waals surface area contributed by atoms with E-state index in [0.717, 1.165) is 12.1 Å². The molecule has 25 heavy (non-hydrogen) atoms. The molecule has 0 radical (unpaired) electrons. The normalized spacial score (nSPS) is 21.5. The fraction of sp³-hybridized carbons (Fsp3) is 0.529. The first-order valence-electron chi connectivity index (χ1n) is 7.74. The molecule has 1 aromatic rings. The Morgan fingerprint density at radius 1 is 1.28 bits per heavy atom. The van der Waals surface area contributed by atoms with E-state index in [4.69, 9.17) is 0 Å². The van der Waals surface area contributed by atoms with Crippen LogP contribution in [0.4, 0.5) is 17.6 Å². The number of carbonyl (C=O) groups excluding carboxylic acids is 2. The highest BCUT2D eigenvalue weighted by atomic mass is 19.4. The second-order valence-electron chi connectivity index (χ2n) is 6.89. The summed E-state index contributed by atoms with van der Waals surface area (Å²) in [5.74, 6) is -1.86. The lowest BCUT2D eigenvalue weighted by molar-refractivity contribution is -0.148. The number of aliphatic hydroxyl groups is 1. The van der Waals surface area contributed by atoms with Crippen LogP contribution in [0.25, 0.3) is 0 Å². The first-order valence-corrected chi connectivity index (χ1v) is 7.74. The molecule has 8 heteroatoms.